The van der Waals surface area contributed by atoms with E-state index in [4.69, 9.17) is 0 Å². The van der Waals surface area contributed by atoms with Gasteiger partial charge in [-0.25, -0.2) is 9.97 Å². The highest BCUT2D eigenvalue weighted by atomic mass is 32.1. The average Bonchev–Trinajstić information content (AvgIpc) is 3.02. The van der Waals surface area contributed by atoms with Crippen LogP contribution in [0.5, 0.6) is 0 Å². The zero-order valence-corrected chi connectivity index (χ0v) is 11.7. The second kappa shape index (κ2) is 5.50. The van der Waals surface area contributed by atoms with Crippen molar-refractivity contribution in [3.63, 3.8) is 0 Å². The molecule has 19 heavy (non-hydrogen) atoms. The Kier molecular flexibility index (Phi) is 3.57. The maximum absolute atomic E-state index is 4.63. The predicted molar refractivity (Wildman–Crippen MR) is 78.3 cm³/mol. The first-order valence-electron chi connectivity index (χ1n) is 6.41. The average molecular weight is 272 g/mol. The number of nitrogens with zero attached hydrogens (tertiary/aromatic N) is 3. The minimum atomic E-state index is 0.790. The lowest BCUT2D eigenvalue weighted by Crippen LogP contribution is -2.11. The molecule has 0 unspecified atom stereocenters. The molecule has 0 saturated carbocycles. The summed E-state index contributed by atoms with van der Waals surface area (Å²) < 4.78 is 3.33. The molecule has 1 N–H and O–H groups in total. The van der Waals surface area contributed by atoms with Crippen molar-refractivity contribution in [2.24, 2.45) is 0 Å². The lowest BCUT2D eigenvalue weighted by Gasteiger charge is -1.97. The Bertz CT molecular complexity index is 638. The Balaban J connectivity index is 1.75. The van der Waals surface area contributed by atoms with Crippen LogP contribution in [0, 0.1) is 0 Å². The van der Waals surface area contributed by atoms with Crippen LogP contribution in [0.4, 0.5) is 0 Å². The summed E-state index contributed by atoms with van der Waals surface area (Å²) in [6, 6.07) is 8.24. The maximum Gasteiger partial charge on any atom is 0.114 e. The molecule has 2 aromatic heterocycles. The molecule has 0 fully saturated rings. The van der Waals surface area contributed by atoms with Gasteiger partial charge in [-0.05, 0) is 18.7 Å². The summed E-state index contributed by atoms with van der Waals surface area (Å²) >= 11 is 1.74. The number of rotatable bonds is 5. The van der Waals surface area contributed by atoms with Crippen LogP contribution in [0.25, 0.3) is 10.2 Å². The third-order valence-electron chi connectivity index (χ3n) is 2.90. The quantitative estimate of drug-likeness (QED) is 0.776. The normalized spacial score (nSPS) is 11.2. The third kappa shape index (κ3) is 2.83. The predicted octanol–water partition coefficient (Wildman–Crippen LogP) is 2.65. The number of thiazole rings is 1. The first-order chi connectivity index (χ1) is 9.35. The summed E-state index contributed by atoms with van der Waals surface area (Å²) in [6.07, 6.45) is 3.95. The summed E-state index contributed by atoms with van der Waals surface area (Å²) in [5, 5.41) is 4.39. The van der Waals surface area contributed by atoms with Gasteiger partial charge in [0.2, 0.25) is 0 Å². The molecule has 1 aromatic carbocycles. The van der Waals surface area contributed by atoms with Crippen LogP contribution >= 0.6 is 11.3 Å². The van der Waals surface area contributed by atoms with E-state index in [1.165, 1.54) is 4.70 Å². The molecule has 0 aliphatic rings. The Morgan fingerprint density at radius 1 is 1.32 bits per heavy atom. The van der Waals surface area contributed by atoms with Crippen LogP contribution in [0.3, 0.4) is 0 Å². The van der Waals surface area contributed by atoms with Gasteiger partial charge in [0.15, 0.2) is 0 Å². The lowest BCUT2D eigenvalue weighted by atomic mass is 10.3. The number of benzene rings is 1. The van der Waals surface area contributed by atoms with Gasteiger partial charge in [-0.3, -0.25) is 0 Å². The molecule has 3 aromatic rings. The highest BCUT2D eigenvalue weighted by Crippen LogP contribution is 2.22. The zero-order valence-electron chi connectivity index (χ0n) is 10.8. The Morgan fingerprint density at radius 3 is 3.05 bits per heavy atom. The fourth-order valence-corrected chi connectivity index (χ4v) is 2.96. The number of hydrogen-bond acceptors (Lipinski definition) is 4. The molecule has 0 atom stereocenters. The first-order valence-corrected chi connectivity index (χ1v) is 7.22. The molecule has 0 radical (unpaired) electrons. The first kappa shape index (κ1) is 12.3. The van der Waals surface area contributed by atoms with Crippen LogP contribution < -0.4 is 5.32 Å². The van der Waals surface area contributed by atoms with Gasteiger partial charge >= 0.3 is 0 Å². The summed E-state index contributed by atoms with van der Waals surface area (Å²) in [5.74, 6) is 0. The molecule has 0 bridgehead atoms. The van der Waals surface area contributed by atoms with Gasteiger partial charge < -0.3 is 9.88 Å². The summed E-state index contributed by atoms with van der Waals surface area (Å²) in [4.78, 5) is 9.01. The van der Waals surface area contributed by atoms with Crippen molar-refractivity contribution in [1.29, 1.82) is 0 Å². The van der Waals surface area contributed by atoms with Crippen LogP contribution in [-0.4, -0.2) is 21.1 Å². The van der Waals surface area contributed by atoms with Crippen LogP contribution in [-0.2, 0) is 13.1 Å². The number of nitrogens with one attached hydrogen (secondary N) is 1. The highest BCUT2D eigenvalue weighted by Gasteiger charge is 2.04. The molecular weight excluding hydrogens is 256 g/mol. The summed E-state index contributed by atoms with van der Waals surface area (Å²) in [7, 11) is 0. The maximum atomic E-state index is 4.63. The summed E-state index contributed by atoms with van der Waals surface area (Å²) in [5.41, 5.74) is 2.15. The number of aromatic nitrogens is 3. The second-order valence-corrected chi connectivity index (χ2v) is 5.51. The van der Waals surface area contributed by atoms with E-state index in [1.807, 2.05) is 12.4 Å². The molecule has 2 heterocycles. The highest BCUT2D eigenvalue weighted by molar-refractivity contribution is 7.18. The van der Waals surface area contributed by atoms with Crippen LogP contribution in [0.1, 0.15) is 17.6 Å². The van der Waals surface area contributed by atoms with E-state index < -0.39 is 0 Å². The van der Waals surface area contributed by atoms with Gasteiger partial charge in [0.25, 0.3) is 0 Å². The Hall–Kier alpha value is -1.72. The second-order valence-electron chi connectivity index (χ2n) is 4.39. The molecule has 5 heteroatoms. The van der Waals surface area contributed by atoms with Crippen molar-refractivity contribution in [2.75, 3.05) is 6.54 Å². The van der Waals surface area contributed by atoms with Crippen LogP contribution in [0.15, 0.2) is 36.8 Å². The SMILES string of the molecule is CCNCc1cn(Cc2nc3ccccc3s2)cn1. The van der Waals surface area contributed by atoms with E-state index in [0.29, 0.717) is 0 Å². The van der Waals surface area contributed by atoms with Crippen molar-refractivity contribution in [1.82, 2.24) is 19.9 Å². The molecule has 0 amide bonds. The third-order valence-corrected chi connectivity index (χ3v) is 3.92. The summed E-state index contributed by atoms with van der Waals surface area (Å²) in [6.45, 7) is 4.67. The van der Waals surface area contributed by atoms with Crippen molar-refractivity contribution in [3.05, 3.63) is 47.5 Å². The van der Waals surface area contributed by atoms with Crippen molar-refractivity contribution >= 4 is 21.6 Å². The number of fused-ring (bicyclic) bond motifs is 1. The van der Waals surface area contributed by atoms with E-state index in [2.05, 4.69) is 51.2 Å². The van der Waals surface area contributed by atoms with E-state index >= 15 is 0 Å². The molecule has 0 spiro atoms. The molecule has 98 valence electrons. The Morgan fingerprint density at radius 2 is 2.21 bits per heavy atom. The van der Waals surface area contributed by atoms with Gasteiger partial charge in [-0.15, -0.1) is 11.3 Å². The number of para-hydroxylation sites is 1. The standard InChI is InChI=1S/C14H16N4S/c1-2-15-7-11-8-18(10-16-11)9-14-17-12-5-3-4-6-13(12)19-14/h3-6,8,10,15H,2,7,9H2,1H3. The van der Waals surface area contributed by atoms with Gasteiger partial charge in [-0.2, -0.15) is 0 Å². The van der Waals surface area contributed by atoms with Crippen molar-refractivity contribution in [2.45, 2.75) is 20.0 Å². The fourth-order valence-electron chi connectivity index (χ4n) is 1.98. The zero-order chi connectivity index (χ0) is 13.1. The molecule has 3 rings (SSSR count). The van der Waals surface area contributed by atoms with Crippen LogP contribution in [0.2, 0.25) is 0 Å². The monoisotopic (exact) mass is 272 g/mol. The topological polar surface area (TPSA) is 42.7 Å². The lowest BCUT2D eigenvalue weighted by molar-refractivity contribution is 0.712. The van der Waals surface area contributed by atoms with Gasteiger partial charge in [0, 0.05) is 12.7 Å². The fraction of sp³-hybridized carbons (Fsp3) is 0.286. The largest absolute Gasteiger partial charge is 0.330 e. The molecule has 0 aliphatic heterocycles. The minimum Gasteiger partial charge on any atom is -0.330 e. The number of hydrogen-bond donors (Lipinski definition) is 1. The van der Waals surface area contributed by atoms with E-state index in [1.54, 1.807) is 11.3 Å². The Labute approximate surface area is 116 Å². The molecule has 4 nitrogen and oxygen atoms in total. The van der Waals surface area contributed by atoms with E-state index in [0.717, 1.165) is 35.9 Å². The van der Waals surface area contributed by atoms with Crippen molar-refractivity contribution < 1.29 is 0 Å². The van der Waals surface area contributed by atoms with Gasteiger partial charge in [0.1, 0.15) is 5.01 Å². The van der Waals surface area contributed by atoms with Gasteiger partial charge in [-0.1, -0.05) is 19.1 Å². The van der Waals surface area contributed by atoms with Gasteiger partial charge in [0.05, 0.1) is 28.8 Å². The number of imidazole rings is 1. The molecule has 0 aliphatic carbocycles. The molecule has 0 saturated heterocycles. The minimum absolute atomic E-state index is 0.790. The molecular formula is C14H16N4S. The van der Waals surface area contributed by atoms with Crippen molar-refractivity contribution in [3.8, 4) is 0 Å². The van der Waals surface area contributed by atoms with E-state index in [-0.39, 0.29) is 0 Å². The smallest absolute Gasteiger partial charge is 0.114 e. The van der Waals surface area contributed by atoms with E-state index in [9.17, 15) is 0 Å².